The molecule has 2 rings (SSSR count). The summed E-state index contributed by atoms with van der Waals surface area (Å²) in [5, 5.41) is 14.6. The molecule has 0 saturated heterocycles. The van der Waals surface area contributed by atoms with Crippen molar-refractivity contribution < 1.29 is 19.5 Å². The van der Waals surface area contributed by atoms with Crippen molar-refractivity contribution in [1.82, 2.24) is 5.32 Å². The zero-order valence-electron chi connectivity index (χ0n) is 9.50. The lowest BCUT2D eigenvalue weighted by Crippen LogP contribution is -2.37. The summed E-state index contributed by atoms with van der Waals surface area (Å²) in [6.45, 7) is -0.417. The van der Waals surface area contributed by atoms with Crippen molar-refractivity contribution in [1.29, 1.82) is 0 Å². The van der Waals surface area contributed by atoms with Gasteiger partial charge in [0.25, 0.3) is 5.91 Å². The molecule has 1 atom stereocenters. The average Bonchev–Trinajstić information content (AvgIpc) is 2.86. The Balaban J connectivity index is 1.91. The predicted molar refractivity (Wildman–Crippen MR) is 63.1 cm³/mol. The molecule has 1 aliphatic heterocycles. The molecule has 0 aromatic heterocycles. The number of amides is 1. The SMILES string of the molecule is O=C(O)CNC(=O)C1CC(c2ccccc2)=NO1. The molecular formula is C12H12N2O4. The summed E-state index contributed by atoms with van der Waals surface area (Å²) in [6, 6.07) is 9.38. The van der Waals surface area contributed by atoms with Gasteiger partial charge in [-0.1, -0.05) is 35.5 Å². The second kappa shape index (κ2) is 5.31. The first-order valence-electron chi connectivity index (χ1n) is 5.44. The number of nitrogens with one attached hydrogen (secondary N) is 1. The normalized spacial score (nSPS) is 17.8. The van der Waals surface area contributed by atoms with Gasteiger partial charge < -0.3 is 15.3 Å². The number of aliphatic carboxylic acids is 1. The molecule has 18 heavy (non-hydrogen) atoms. The van der Waals surface area contributed by atoms with Gasteiger partial charge in [-0.3, -0.25) is 9.59 Å². The van der Waals surface area contributed by atoms with Crippen LogP contribution in [0.1, 0.15) is 12.0 Å². The number of hydrogen-bond donors (Lipinski definition) is 2. The van der Waals surface area contributed by atoms with Gasteiger partial charge in [0.05, 0.1) is 5.71 Å². The molecule has 94 valence electrons. The molecule has 1 unspecified atom stereocenters. The number of rotatable bonds is 4. The topological polar surface area (TPSA) is 88.0 Å². The molecule has 6 heteroatoms. The second-order valence-corrected chi connectivity index (χ2v) is 3.81. The third-order valence-electron chi connectivity index (χ3n) is 2.48. The third-order valence-corrected chi connectivity index (χ3v) is 2.48. The number of nitrogens with zero attached hydrogens (tertiary/aromatic N) is 1. The van der Waals surface area contributed by atoms with Gasteiger partial charge >= 0.3 is 5.97 Å². The number of carbonyl (C=O) groups excluding carboxylic acids is 1. The Hall–Kier alpha value is -2.37. The Bertz CT molecular complexity index is 484. The summed E-state index contributed by atoms with van der Waals surface area (Å²) in [6.07, 6.45) is -0.408. The first-order chi connectivity index (χ1) is 8.66. The van der Waals surface area contributed by atoms with Gasteiger partial charge in [0, 0.05) is 6.42 Å². The number of carboxylic acid groups (broad SMARTS) is 1. The van der Waals surface area contributed by atoms with E-state index in [-0.39, 0.29) is 0 Å². The van der Waals surface area contributed by atoms with Crippen molar-refractivity contribution in [3.63, 3.8) is 0 Å². The molecular weight excluding hydrogens is 236 g/mol. The first kappa shape index (κ1) is 12.1. The van der Waals surface area contributed by atoms with Crippen LogP contribution in [0.5, 0.6) is 0 Å². The van der Waals surface area contributed by atoms with Gasteiger partial charge in [-0.2, -0.15) is 0 Å². The molecule has 1 heterocycles. The van der Waals surface area contributed by atoms with E-state index < -0.39 is 24.5 Å². The van der Waals surface area contributed by atoms with Crippen LogP contribution < -0.4 is 5.32 Å². The summed E-state index contributed by atoms with van der Waals surface area (Å²) in [5.74, 6) is -1.56. The van der Waals surface area contributed by atoms with Gasteiger partial charge in [0.15, 0.2) is 0 Å². The highest BCUT2D eigenvalue weighted by atomic mass is 16.6. The lowest BCUT2D eigenvalue weighted by Gasteiger charge is -2.07. The highest BCUT2D eigenvalue weighted by Gasteiger charge is 2.28. The average molecular weight is 248 g/mol. The minimum absolute atomic E-state index is 0.343. The van der Waals surface area contributed by atoms with Gasteiger partial charge in [0.1, 0.15) is 6.54 Å². The van der Waals surface area contributed by atoms with E-state index in [9.17, 15) is 9.59 Å². The van der Waals surface area contributed by atoms with Crippen LogP contribution in [0.2, 0.25) is 0 Å². The molecule has 1 aromatic carbocycles. The standard InChI is InChI=1S/C12H12N2O4/c15-11(16)7-13-12(17)10-6-9(14-18-10)8-4-2-1-3-5-8/h1-5,10H,6-7H2,(H,13,17)(H,15,16). The summed E-state index contributed by atoms with van der Waals surface area (Å²) in [7, 11) is 0. The van der Waals surface area contributed by atoms with Gasteiger partial charge in [-0.25, -0.2) is 0 Å². The number of oxime groups is 1. The quantitative estimate of drug-likeness (QED) is 0.806. The summed E-state index contributed by atoms with van der Waals surface area (Å²) >= 11 is 0. The zero-order valence-corrected chi connectivity index (χ0v) is 9.50. The van der Waals surface area contributed by atoms with E-state index in [1.165, 1.54) is 0 Å². The fourth-order valence-electron chi connectivity index (χ4n) is 1.60. The Morgan fingerprint density at radius 2 is 2.11 bits per heavy atom. The molecule has 0 bridgehead atoms. The molecule has 0 saturated carbocycles. The van der Waals surface area contributed by atoms with E-state index in [1.807, 2.05) is 30.3 Å². The van der Waals surface area contributed by atoms with Crippen LogP contribution in [-0.2, 0) is 14.4 Å². The van der Waals surface area contributed by atoms with Crippen LogP contribution in [0, 0.1) is 0 Å². The number of benzene rings is 1. The maximum absolute atomic E-state index is 11.6. The number of carboxylic acids is 1. The van der Waals surface area contributed by atoms with Crippen molar-refractivity contribution in [3.05, 3.63) is 35.9 Å². The van der Waals surface area contributed by atoms with Crippen molar-refractivity contribution in [3.8, 4) is 0 Å². The lowest BCUT2D eigenvalue weighted by molar-refractivity contribution is -0.140. The van der Waals surface area contributed by atoms with Crippen molar-refractivity contribution in [2.24, 2.45) is 5.16 Å². The predicted octanol–water partition coefficient (Wildman–Crippen LogP) is 0.380. The third kappa shape index (κ3) is 2.85. The Kier molecular flexibility index (Phi) is 3.57. The molecule has 2 N–H and O–H groups in total. The van der Waals surface area contributed by atoms with E-state index in [0.29, 0.717) is 12.1 Å². The first-order valence-corrected chi connectivity index (χ1v) is 5.44. The molecule has 1 aliphatic rings. The minimum Gasteiger partial charge on any atom is -0.480 e. The summed E-state index contributed by atoms with van der Waals surface area (Å²) in [4.78, 5) is 26.9. The Morgan fingerprint density at radius 3 is 2.78 bits per heavy atom. The fourth-order valence-corrected chi connectivity index (χ4v) is 1.60. The summed E-state index contributed by atoms with van der Waals surface area (Å²) in [5.41, 5.74) is 1.58. The lowest BCUT2D eigenvalue weighted by atomic mass is 10.0. The van der Waals surface area contributed by atoms with Gasteiger partial charge in [-0.15, -0.1) is 0 Å². The van der Waals surface area contributed by atoms with E-state index >= 15 is 0 Å². The molecule has 0 fully saturated rings. The second-order valence-electron chi connectivity index (χ2n) is 3.81. The van der Waals surface area contributed by atoms with Crippen LogP contribution in [-0.4, -0.2) is 35.3 Å². The number of hydrogen-bond acceptors (Lipinski definition) is 4. The van der Waals surface area contributed by atoms with E-state index in [4.69, 9.17) is 9.94 Å². The molecule has 6 nitrogen and oxygen atoms in total. The minimum atomic E-state index is -1.09. The molecule has 1 amide bonds. The Labute approximate surface area is 103 Å². The molecule has 0 aliphatic carbocycles. The van der Waals surface area contributed by atoms with Crippen LogP contribution >= 0.6 is 0 Å². The zero-order chi connectivity index (χ0) is 13.0. The Morgan fingerprint density at radius 1 is 1.39 bits per heavy atom. The van der Waals surface area contributed by atoms with E-state index in [0.717, 1.165) is 5.56 Å². The molecule has 1 aromatic rings. The highest BCUT2D eigenvalue weighted by molar-refractivity contribution is 6.04. The van der Waals surface area contributed by atoms with Gasteiger partial charge in [-0.05, 0) is 5.56 Å². The van der Waals surface area contributed by atoms with Crippen LogP contribution in [0.4, 0.5) is 0 Å². The van der Waals surface area contributed by atoms with Crippen molar-refractivity contribution in [2.75, 3.05) is 6.54 Å². The fraction of sp³-hybridized carbons (Fsp3) is 0.250. The maximum atomic E-state index is 11.6. The van der Waals surface area contributed by atoms with Gasteiger partial charge in [0.2, 0.25) is 6.10 Å². The van der Waals surface area contributed by atoms with Crippen molar-refractivity contribution >= 4 is 17.6 Å². The smallest absolute Gasteiger partial charge is 0.322 e. The van der Waals surface area contributed by atoms with E-state index in [1.54, 1.807) is 0 Å². The van der Waals surface area contributed by atoms with Crippen LogP contribution in [0.15, 0.2) is 35.5 Å². The van der Waals surface area contributed by atoms with Crippen LogP contribution in [0.25, 0.3) is 0 Å². The van der Waals surface area contributed by atoms with Crippen LogP contribution in [0.3, 0.4) is 0 Å². The monoisotopic (exact) mass is 248 g/mol. The maximum Gasteiger partial charge on any atom is 0.322 e. The molecule has 0 spiro atoms. The van der Waals surface area contributed by atoms with E-state index in [2.05, 4.69) is 10.5 Å². The largest absolute Gasteiger partial charge is 0.480 e. The summed E-state index contributed by atoms with van der Waals surface area (Å²) < 4.78 is 0. The number of carbonyl (C=O) groups is 2. The highest BCUT2D eigenvalue weighted by Crippen LogP contribution is 2.16. The molecule has 0 radical (unpaired) electrons. The van der Waals surface area contributed by atoms with Crippen molar-refractivity contribution in [2.45, 2.75) is 12.5 Å².